The van der Waals surface area contributed by atoms with Gasteiger partial charge in [0.15, 0.2) is 0 Å². The largest absolute Gasteiger partial charge is 0.375 e. The maximum Gasteiger partial charge on any atom is 0.0692 e. The van der Waals surface area contributed by atoms with Crippen LogP contribution in [0.2, 0.25) is 0 Å². The zero-order chi connectivity index (χ0) is 14.6. The summed E-state index contributed by atoms with van der Waals surface area (Å²) in [5.74, 6) is 0. The van der Waals surface area contributed by atoms with Crippen LogP contribution in [0.5, 0.6) is 0 Å². The topological polar surface area (TPSA) is 21.3 Å². The molecule has 0 bridgehead atoms. The Labute approximate surface area is 123 Å². The third kappa shape index (κ3) is 3.62. The highest BCUT2D eigenvalue weighted by atomic mass is 16.5. The SMILES string of the molecule is CCC1(CC)CC(NCc2ccc(C)cc2C)CCO1. The van der Waals surface area contributed by atoms with E-state index in [0.717, 1.165) is 38.8 Å². The highest BCUT2D eigenvalue weighted by Gasteiger charge is 2.34. The quantitative estimate of drug-likeness (QED) is 0.872. The molecule has 0 aliphatic carbocycles. The Bertz CT molecular complexity index is 437. The van der Waals surface area contributed by atoms with Crippen LogP contribution >= 0.6 is 0 Å². The van der Waals surface area contributed by atoms with Crippen LogP contribution in [0.1, 0.15) is 56.2 Å². The zero-order valence-electron chi connectivity index (χ0n) is 13.5. The molecule has 0 spiro atoms. The van der Waals surface area contributed by atoms with Gasteiger partial charge in [0.25, 0.3) is 0 Å². The first-order valence-corrected chi connectivity index (χ1v) is 8.02. The molecule has 1 aromatic rings. The monoisotopic (exact) mass is 275 g/mol. The van der Waals surface area contributed by atoms with E-state index in [0.29, 0.717) is 6.04 Å². The van der Waals surface area contributed by atoms with Crippen molar-refractivity contribution in [3.63, 3.8) is 0 Å². The molecule has 1 unspecified atom stereocenters. The lowest BCUT2D eigenvalue weighted by molar-refractivity contribution is -0.0932. The van der Waals surface area contributed by atoms with E-state index in [1.165, 1.54) is 16.7 Å². The average molecular weight is 275 g/mol. The van der Waals surface area contributed by atoms with Gasteiger partial charge >= 0.3 is 0 Å². The molecule has 0 aromatic heterocycles. The highest BCUT2D eigenvalue weighted by Crippen LogP contribution is 2.31. The van der Waals surface area contributed by atoms with E-state index < -0.39 is 0 Å². The fourth-order valence-electron chi connectivity index (χ4n) is 3.24. The molecule has 1 aliphatic rings. The summed E-state index contributed by atoms with van der Waals surface area (Å²) in [6.45, 7) is 10.7. The predicted octanol–water partition coefficient (Wildman–Crippen LogP) is 4.13. The molecule has 2 heteroatoms. The Morgan fingerprint density at radius 2 is 2.00 bits per heavy atom. The van der Waals surface area contributed by atoms with Crippen LogP contribution < -0.4 is 5.32 Å². The van der Waals surface area contributed by atoms with Crippen LogP contribution in [-0.2, 0) is 11.3 Å². The summed E-state index contributed by atoms with van der Waals surface area (Å²) in [5.41, 5.74) is 4.26. The van der Waals surface area contributed by atoms with Crippen LogP contribution in [0.4, 0.5) is 0 Å². The molecule has 2 nitrogen and oxygen atoms in total. The Hall–Kier alpha value is -0.860. The number of hydrogen-bond acceptors (Lipinski definition) is 2. The number of benzene rings is 1. The number of rotatable bonds is 5. The smallest absolute Gasteiger partial charge is 0.0692 e. The Balaban J connectivity index is 1.93. The van der Waals surface area contributed by atoms with Gasteiger partial charge in [0.1, 0.15) is 0 Å². The lowest BCUT2D eigenvalue weighted by atomic mass is 9.86. The van der Waals surface area contributed by atoms with E-state index in [9.17, 15) is 0 Å². The minimum atomic E-state index is 0.109. The standard InChI is InChI=1S/C18H29NO/c1-5-18(6-2)12-17(9-10-20-18)19-13-16-8-7-14(3)11-15(16)4/h7-8,11,17,19H,5-6,9-10,12-13H2,1-4H3. The molecular formula is C18H29NO. The second-order valence-electron chi connectivity index (χ2n) is 6.24. The van der Waals surface area contributed by atoms with Crippen molar-refractivity contribution in [2.24, 2.45) is 0 Å². The maximum atomic E-state index is 6.05. The molecule has 0 amide bonds. The minimum absolute atomic E-state index is 0.109. The van der Waals surface area contributed by atoms with Gasteiger partial charge in [-0.15, -0.1) is 0 Å². The first kappa shape index (κ1) is 15.5. The summed E-state index contributed by atoms with van der Waals surface area (Å²) in [6, 6.07) is 7.31. The molecule has 1 fully saturated rings. The molecule has 1 N–H and O–H groups in total. The summed E-state index contributed by atoms with van der Waals surface area (Å²) in [7, 11) is 0. The summed E-state index contributed by atoms with van der Waals surface area (Å²) in [4.78, 5) is 0. The van der Waals surface area contributed by atoms with Gasteiger partial charge in [0, 0.05) is 19.2 Å². The maximum absolute atomic E-state index is 6.05. The molecule has 20 heavy (non-hydrogen) atoms. The van der Waals surface area contributed by atoms with Gasteiger partial charge in [-0.1, -0.05) is 37.6 Å². The van der Waals surface area contributed by atoms with Crippen molar-refractivity contribution in [2.45, 2.75) is 71.6 Å². The first-order chi connectivity index (χ1) is 9.58. The van der Waals surface area contributed by atoms with Gasteiger partial charge in [-0.3, -0.25) is 0 Å². The fraction of sp³-hybridized carbons (Fsp3) is 0.667. The molecule has 0 radical (unpaired) electrons. The van der Waals surface area contributed by atoms with E-state index in [2.05, 4.69) is 51.2 Å². The molecule has 1 atom stereocenters. The number of hydrogen-bond donors (Lipinski definition) is 1. The molecule has 1 heterocycles. The molecule has 1 aromatic carbocycles. The van der Waals surface area contributed by atoms with Crippen molar-refractivity contribution in [1.29, 1.82) is 0 Å². The summed E-state index contributed by atoms with van der Waals surface area (Å²) < 4.78 is 6.05. The first-order valence-electron chi connectivity index (χ1n) is 8.02. The summed E-state index contributed by atoms with van der Waals surface area (Å²) >= 11 is 0. The van der Waals surface area contributed by atoms with Crippen molar-refractivity contribution in [1.82, 2.24) is 5.32 Å². The molecular weight excluding hydrogens is 246 g/mol. The van der Waals surface area contributed by atoms with Gasteiger partial charge in [-0.2, -0.15) is 0 Å². The molecule has 112 valence electrons. The lowest BCUT2D eigenvalue weighted by Gasteiger charge is -2.40. The van der Waals surface area contributed by atoms with Crippen molar-refractivity contribution in [3.05, 3.63) is 34.9 Å². The molecule has 0 saturated carbocycles. The van der Waals surface area contributed by atoms with Crippen molar-refractivity contribution >= 4 is 0 Å². The van der Waals surface area contributed by atoms with Crippen LogP contribution in [0.15, 0.2) is 18.2 Å². The summed E-state index contributed by atoms with van der Waals surface area (Å²) in [5, 5.41) is 3.74. The normalized spacial score (nSPS) is 21.9. The Morgan fingerprint density at radius 1 is 1.25 bits per heavy atom. The lowest BCUT2D eigenvalue weighted by Crippen LogP contribution is -2.46. The highest BCUT2D eigenvalue weighted by molar-refractivity contribution is 5.30. The Morgan fingerprint density at radius 3 is 2.65 bits per heavy atom. The third-order valence-corrected chi connectivity index (χ3v) is 4.86. The summed E-state index contributed by atoms with van der Waals surface area (Å²) in [6.07, 6.45) is 4.51. The van der Waals surface area contributed by atoms with Crippen LogP contribution in [0.3, 0.4) is 0 Å². The van der Waals surface area contributed by atoms with Gasteiger partial charge < -0.3 is 10.1 Å². The molecule has 2 rings (SSSR count). The van der Waals surface area contributed by atoms with Gasteiger partial charge in [0.05, 0.1) is 5.60 Å². The third-order valence-electron chi connectivity index (χ3n) is 4.86. The van der Waals surface area contributed by atoms with Crippen LogP contribution in [-0.4, -0.2) is 18.2 Å². The van der Waals surface area contributed by atoms with E-state index in [4.69, 9.17) is 4.74 Å². The van der Waals surface area contributed by atoms with E-state index in [-0.39, 0.29) is 5.60 Å². The van der Waals surface area contributed by atoms with Gasteiger partial charge in [-0.05, 0) is 50.7 Å². The number of nitrogens with one attached hydrogen (secondary N) is 1. The molecule has 1 saturated heterocycles. The van der Waals surface area contributed by atoms with Crippen molar-refractivity contribution in [3.8, 4) is 0 Å². The second kappa shape index (κ2) is 6.73. The van der Waals surface area contributed by atoms with Gasteiger partial charge in [-0.25, -0.2) is 0 Å². The average Bonchev–Trinajstić information content (AvgIpc) is 2.46. The predicted molar refractivity (Wildman–Crippen MR) is 85.0 cm³/mol. The van der Waals surface area contributed by atoms with Gasteiger partial charge in [0.2, 0.25) is 0 Å². The van der Waals surface area contributed by atoms with Crippen molar-refractivity contribution < 1.29 is 4.74 Å². The second-order valence-corrected chi connectivity index (χ2v) is 6.24. The molecule has 1 aliphatic heterocycles. The number of aryl methyl sites for hydroxylation is 2. The van der Waals surface area contributed by atoms with Crippen molar-refractivity contribution in [2.75, 3.05) is 6.61 Å². The van der Waals surface area contributed by atoms with E-state index in [1.54, 1.807) is 0 Å². The minimum Gasteiger partial charge on any atom is -0.375 e. The van der Waals surface area contributed by atoms with Crippen LogP contribution in [0, 0.1) is 13.8 Å². The van der Waals surface area contributed by atoms with Crippen LogP contribution in [0.25, 0.3) is 0 Å². The van der Waals surface area contributed by atoms with E-state index in [1.807, 2.05) is 0 Å². The number of ether oxygens (including phenoxy) is 1. The zero-order valence-corrected chi connectivity index (χ0v) is 13.5. The van der Waals surface area contributed by atoms with E-state index >= 15 is 0 Å². The Kier molecular flexibility index (Phi) is 5.22. The fourth-order valence-corrected chi connectivity index (χ4v) is 3.24.